The summed E-state index contributed by atoms with van der Waals surface area (Å²) in [6.07, 6.45) is 4.81. The van der Waals surface area contributed by atoms with Crippen molar-refractivity contribution in [2.75, 3.05) is 6.61 Å². The van der Waals surface area contributed by atoms with E-state index in [1.807, 2.05) is 0 Å². The average molecular weight is 356 g/mol. The number of thiocarbonyl (C=S) groups is 1. The van der Waals surface area contributed by atoms with Gasteiger partial charge in [-0.2, -0.15) is 0 Å². The Bertz CT molecular complexity index is 539. The lowest BCUT2D eigenvalue weighted by Crippen LogP contribution is -2.52. The van der Waals surface area contributed by atoms with Crippen molar-refractivity contribution in [2.24, 2.45) is 5.92 Å². The van der Waals surface area contributed by atoms with E-state index in [1.165, 1.54) is 19.3 Å². The number of nitrogens with one attached hydrogen (secondary N) is 3. The molecule has 7 heteroatoms. The van der Waals surface area contributed by atoms with Crippen LogP contribution in [0.25, 0.3) is 0 Å². The number of hydrogen-bond donors (Lipinski definition) is 3. The Morgan fingerprint density at radius 3 is 2.65 bits per heavy atom. The van der Waals surface area contributed by atoms with Crippen LogP contribution in [0.5, 0.6) is 5.75 Å². The van der Waals surface area contributed by atoms with Crippen molar-refractivity contribution in [3.8, 4) is 5.75 Å². The molecule has 126 valence electrons. The molecule has 0 unspecified atom stereocenters. The van der Waals surface area contributed by atoms with Gasteiger partial charge >= 0.3 is 0 Å². The fraction of sp³-hybridized carbons (Fsp3) is 0.500. The molecule has 3 N–H and O–H groups in total. The third kappa shape index (κ3) is 6.23. The van der Waals surface area contributed by atoms with Crippen molar-refractivity contribution >= 4 is 34.8 Å². The maximum Gasteiger partial charge on any atom is 0.276 e. The summed E-state index contributed by atoms with van der Waals surface area (Å²) in [5, 5.41) is 4.31. The second-order valence-electron chi connectivity index (χ2n) is 5.76. The Morgan fingerprint density at radius 1 is 1.26 bits per heavy atom. The van der Waals surface area contributed by atoms with Gasteiger partial charge in [-0.05, 0) is 55.2 Å². The van der Waals surface area contributed by atoms with E-state index in [2.05, 4.69) is 23.1 Å². The Balaban J connectivity index is 1.65. The predicted molar refractivity (Wildman–Crippen MR) is 95.4 cm³/mol. The molecule has 2 rings (SSSR count). The number of amides is 1. The van der Waals surface area contributed by atoms with E-state index in [0.717, 1.165) is 6.42 Å². The summed E-state index contributed by atoms with van der Waals surface area (Å²) in [6, 6.07) is 7.19. The van der Waals surface area contributed by atoms with E-state index in [9.17, 15) is 4.79 Å². The van der Waals surface area contributed by atoms with Crippen molar-refractivity contribution in [2.45, 2.75) is 38.6 Å². The standard InChI is InChI=1S/C16H22ClN3O2S/c1-11-4-2-3-5-14(11)18-16(23)20-19-15(21)10-22-13-8-6-12(17)7-9-13/h6-9,11,14H,2-5,10H2,1H3,(H,19,21)(H2,18,20,23)/t11-,14+/m0/s1. The van der Waals surface area contributed by atoms with E-state index in [-0.39, 0.29) is 12.5 Å². The lowest BCUT2D eigenvalue weighted by atomic mass is 9.86. The monoisotopic (exact) mass is 355 g/mol. The smallest absolute Gasteiger partial charge is 0.276 e. The van der Waals surface area contributed by atoms with Crippen molar-refractivity contribution < 1.29 is 9.53 Å². The molecule has 1 aliphatic rings. The van der Waals surface area contributed by atoms with Crippen molar-refractivity contribution in [3.63, 3.8) is 0 Å². The molecule has 0 aromatic heterocycles. The Kier molecular flexibility index (Phi) is 6.92. The van der Waals surface area contributed by atoms with Crippen molar-refractivity contribution in [3.05, 3.63) is 29.3 Å². The SMILES string of the molecule is C[C@H]1CCCC[C@H]1NC(=S)NNC(=O)COc1ccc(Cl)cc1. The molecule has 5 nitrogen and oxygen atoms in total. The number of ether oxygens (including phenoxy) is 1. The van der Waals surface area contributed by atoms with Crippen LogP contribution >= 0.6 is 23.8 Å². The number of carbonyl (C=O) groups is 1. The van der Waals surface area contributed by atoms with E-state index in [0.29, 0.717) is 27.8 Å². The molecule has 0 saturated heterocycles. The first-order valence-electron chi connectivity index (χ1n) is 7.78. The number of hydrazine groups is 1. The molecule has 1 aliphatic carbocycles. The third-order valence-corrected chi connectivity index (χ3v) is 4.40. The van der Waals surface area contributed by atoms with Crippen LogP contribution in [0, 0.1) is 5.92 Å². The van der Waals surface area contributed by atoms with Crippen molar-refractivity contribution in [1.82, 2.24) is 16.2 Å². The molecular weight excluding hydrogens is 334 g/mol. The molecule has 0 bridgehead atoms. The molecule has 0 heterocycles. The van der Waals surface area contributed by atoms with Gasteiger partial charge in [0.25, 0.3) is 5.91 Å². The summed E-state index contributed by atoms with van der Waals surface area (Å²) in [6.45, 7) is 2.12. The molecule has 1 fully saturated rings. The fourth-order valence-electron chi connectivity index (χ4n) is 2.58. The first-order valence-corrected chi connectivity index (χ1v) is 8.57. The number of halogens is 1. The molecule has 1 saturated carbocycles. The molecule has 1 aromatic rings. The van der Waals surface area contributed by atoms with Crippen LogP contribution in [-0.2, 0) is 4.79 Å². The summed E-state index contributed by atoms with van der Waals surface area (Å²) in [5.41, 5.74) is 5.24. The van der Waals surface area contributed by atoms with Crippen LogP contribution in [0.3, 0.4) is 0 Å². The normalized spacial score (nSPS) is 20.4. The molecular formula is C16H22ClN3O2S. The number of carbonyl (C=O) groups excluding carboxylic acids is 1. The highest BCUT2D eigenvalue weighted by Gasteiger charge is 2.21. The zero-order valence-corrected chi connectivity index (χ0v) is 14.7. The van der Waals surface area contributed by atoms with Crippen LogP contribution in [0.2, 0.25) is 5.02 Å². The summed E-state index contributed by atoms with van der Waals surface area (Å²) in [4.78, 5) is 11.7. The van der Waals surface area contributed by atoms with E-state index in [1.54, 1.807) is 24.3 Å². The lowest BCUT2D eigenvalue weighted by molar-refractivity contribution is -0.123. The fourth-order valence-corrected chi connectivity index (χ4v) is 2.91. The van der Waals surface area contributed by atoms with E-state index in [4.69, 9.17) is 28.6 Å². The zero-order chi connectivity index (χ0) is 16.7. The quantitative estimate of drug-likeness (QED) is 0.572. The zero-order valence-electron chi connectivity index (χ0n) is 13.1. The van der Waals surface area contributed by atoms with Gasteiger partial charge in [0, 0.05) is 11.1 Å². The van der Waals surface area contributed by atoms with Gasteiger partial charge < -0.3 is 10.1 Å². The van der Waals surface area contributed by atoms with Gasteiger partial charge in [0.15, 0.2) is 11.7 Å². The summed E-state index contributed by atoms with van der Waals surface area (Å²) in [7, 11) is 0. The van der Waals surface area contributed by atoms with Crippen LogP contribution in [0.1, 0.15) is 32.6 Å². The molecule has 0 spiro atoms. The number of hydrogen-bond acceptors (Lipinski definition) is 3. The maximum atomic E-state index is 11.7. The van der Waals surface area contributed by atoms with Gasteiger partial charge in [-0.25, -0.2) is 0 Å². The Hall–Kier alpha value is -1.53. The van der Waals surface area contributed by atoms with Crippen LogP contribution in [0.4, 0.5) is 0 Å². The number of rotatable bonds is 4. The average Bonchev–Trinajstić information content (AvgIpc) is 2.54. The summed E-state index contributed by atoms with van der Waals surface area (Å²) < 4.78 is 5.35. The molecule has 23 heavy (non-hydrogen) atoms. The maximum absolute atomic E-state index is 11.7. The highest BCUT2D eigenvalue weighted by atomic mass is 35.5. The summed E-state index contributed by atoms with van der Waals surface area (Å²) in [5.74, 6) is 0.870. The molecule has 1 amide bonds. The first-order chi connectivity index (χ1) is 11.0. The molecule has 2 atom stereocenters. The highest BCUT2D eigenvalue weighted by molar-refractivity contribution is 7.80. The second kappa shape index (κ2) is 8.93. The molecule has 0 aliphatic heterocycles. The van der Waals surface area contributed by atoms with Crippen LogP contribution in [0.15, 0.2) is 24.3 Å². The van der Waals surface area contributed by atoms with Gasteiger partial charge in [-0.1, -0.05) is 31.4 Å². The van der Waals surface area contributed by atoms with E-state index < -0.39 is 0 Å². The molecule has 0 radical (unpaired) electrons. The van der Waals surface area contributed by atoms with E-state index >= 15 is 0 Å². The third-order valence-electron chi connectivity index (χ3n) is 3.93. The second-order valence-corrected chi connectivity index (χ2v) is 6.60. The minimum Gasteiger partial charge on any atom is -0.484 e. The topological polar surface area (TPSA) is 62.4 Å². The number of benzene rings is 1. The minimum atomic E-state index is -0.305. The predicted octanol–water partition coefficient (Wildman–Crippen LogP) is 2.79. The van der Waals surface area contributed by atoms with Crippen LogP contribution < -0.4 is 20.9 Å². The lowest BCUT2D eigenvalue weighted by Gasteiger charge is -2.30. The first kappa shape index (κ1) is 17.8. The van der Waals surface area contributed by atoms with Gasteiger partial charge in [0.1, 0.15) is 5.75 Å². The molecule has 1 aromatic carbocycles. The Labute approximate surface area is 147 Å². The van der Waals surface area contributed by atoms with Crippen LogP contribution in [-0.4, -0.2) is 23.7 Å². The highest BCUT2D eigenvalue weighted by Crippen LogP contribution is 2.23. The minimum absolute atomic E-state index is 0.100. The van der Waals surface area contributed by atoms with Gasteiger partial charge in [-0.15, -0.1) is 0 Å². The largest absolute Gasteiger partial charge is 0.484 e. The van der Waals surface area contributed by atoms with Gasteiger partial charge in [-0.3, -0.25) is 15.6 Å². The van der Waals surface area contributed by atoms with Gasteiger partial charge in [0.05, 0.1) is 0 Å². The van der Waals surface area contributed by atoms with Crippen molar-refractivity contribution in [1.29, 1.82) is 0 Å². The van der Waals surface area contributed by atoms with Gasteiger partial charge in [0.2, 0.25) is 0 Å². The summed E-state index contributed by atoms with van der Waals surface area (Å²) >= 11 is 11.0. The Morgan fingerprint density at radius 2 is 1.96 bits per heavy atom.